The molecule has 0 bridgehead atoms. The number of imide groups is 1. The fraction of sp³-hybridized carbons (Fsp3) is 0.357. The lowest BCUT2D eigenvalue weighted by Crippen LogP contribution is -2.52. The minimum absolute atomic E-state index is 0.0865. The Morgan fingerprint density at radius 1 is 1.08 bits per heavy atom. The molecule has 39 heavy (non-hydrogen) atoms. The largest absolute Gasteiger partial charge is 0.491 e. The Bertz CT molecular complexity index is 1440. The molecule has 0 aliphatic carbocycles. The number of likely N-dealkylation sites (tertiary alicyclic amines) is 1. The van der Waals surface area contributed by atoms with Gasteiger partial charge in [0.1, 0.15) is 29.0 Å². The van der Waals surface area contributed by atoms with Crippen LogP contribution in [0.2, 0.25) is 0 Å². The van der Waals surface area contributed by atoms with E-state index in [0.29, 0.717) is 41.5 Å². The first-order valence-electron chi connectivity index (χ1n) is 13.1. The van der Waals surface area contributed by atoms with Crippen LogP contribution in [0.5, 0.6) is 5.75 Å². The van der Waals surface area contributed by atoms with Gasteiger partial charge in [-0.2, -0.15) is 0 Å². The summed E-state index contributed by atoms with van der Waals surface area (Å²) < 4.78 is 10.2. The first-order valence-corrected chi connectivity index (χ1v) is 13.9. The highest BCUT2D eigenvalue weighted by molar-refractivity contribution is 7.08. The number of fused-ring (bicyclic) bond motifs is 1. The smallest absolute Gasteiger partial charge is 0.268 e. The normalized spacial score (nSPS) is 21.1. The molecule has 2 fully saturated rings. The maximum absolute atomic E-state index is 13.6. The summed E-state index contributed by atoms with van der Waals surface area (Å²) in [4.78, 5) is 54.3. The summed E-state index contributed by atoms with van der Waals surface area (Å²) in [5.74, 6) is -0.445. The van der Waals surface area contributed by atoms with Gasteiger partial charge in [0, 0.05) is 30.6 Å². The second kappa shape index (κ2) is 10.6. The van der Waals surface area contributed by atoms with Crippen molar-refractivity contribution in [3.63, 3.8) is 0 Å². The minimum Gasteiger partial charge on any atom is -0.491 e. The fourth-order valence-corrected chi connectivity index (χ4v) is 6.17. The molecule has 3 aliphatic rings. The third kappa shape index (κ3) is 4.89. The van der Waals surface area contributed by atoms with Crippen molar-refractivity contribution in [1.29, 1.82) is 0 Å². The highest BCUT2D eigenvalue weighted by Gasteiger charge is 2.39. The maximum atomic E-state index is 13.6. The van der Waals surface area contributed by atoms with Crippen LogP contribution in [0.1, 0.15) is 57.7 Å². The van der Waals surface area contributed by atoms with Crippen molar-refractivity contribution in [2.24, 2.45) is 0 Å². The lowest BCUT2D eigenvalue weighted by molar-refractivity contribution is -0.136. The van der Waals surface area contributed by atoms with Gasteiger partial charge in [0.2, 0.25) is 11.8 Å². The minimum atomic E-state index is -0.657. The first-order chi connectivity index (χ1) is 19.0. The van der Waals surface area contributed by atoms with Gasteiger partial charge in [-0.05, 0) is 61.0 Å². The Hall–Kier alpha value is -4.12. The van der Waals surface area contributed by atoms with E-state index in [9.17, 15) is 19.2 Å². The molecule has 4 amide bonds. The molecule has 6 rings (SSSR count). The number of carbonyl (C=O) groups excluding carboxylic acids is 4. The fourth-order valence-electron chi connectivity index (χ4n) is 5.52. The summed E-state index contributed by atoms with van der Waals surface area (Å²) in [6, 6.07) is 14.1. The average molecular weight is 546 g/mol. The number of piperidine rings is 2. The lowest BCUT2D eigenvalue weighted by atomic mass is 10.0. The Kier molecular flexibility index (Phi) is 6.82. The van der Waals surface area contributed by atoms with Crippen LogP contribution in [0.25, 0.3) is 11.3 Å². The summed E-state index contributed by atoms with van der Waals surface area (Å²) in [5, 5.41) is 6.55. The predicted molar refractivity (Wildman–Crippen MR) is 142 cm³/mol. The van der Waals surface area contributed by atoms with Gasteiger partial charge in [0.15, 0.2) is 0 Å². The number of benzene rings is 2. The van der Waals surface area contributed by atoms with E-state index in [0.717, 1.165) is 41.9 Å². The van der Waals surface area contributed by atoms with Gasteiger partial charge >= 0.3 is 0 Å². The Morgan fingerprint density at radius 2 is 1.92 bits per heavy atom. The number of hydrogen-bond donors (Lipinski definition) is 1. The molecule has 2 atom stereocenters. The number of hydrogen-bond acceptors (Lipinski definition) is 8. The highest BCUT2D eigenvalue weighted by atomic mass is 32.1. The van der Waals surface area contributed by atoms with Crippen molar-refractivity contribution < 1.29 is 23.9 Å². The topological polar surface area (TPSA) is 122 Å². The van der Waals surface area contributed by atoms with Gasteiger partial charge in [-0.1, -0.05) is 34.8 Å². The molecular weight excluding hydrogens is 518 g/mol. The maximum Gasteiger partial charge on any atom is 0.268 e. The SMILES string of the molecule is O=C1CCC(N2Cc3cc(OC[C@@H]4CCCCN4C(=O)c4snnc4-c4ccccc4)ccc3C2=O)C(=O)N1. The molecule has 10 nitrogen and oxygen atoms in total. The standard InChI is InChI=1S/C28H27N5O5S/c34-23-12-11-22(26(35)29-23)33-15-18-14-20(9-10-21(18)27(33)36)38-16-19-8-4-5-13-32(19)28(37)25-24(30-31-39-25)17-6-2-1-3-7-17/h1-3,6-7,9-10,14,19,22H,4-5,8,11-13,15-16H2,(H,29,34,35)/t19-,22?/m0/s1. The number of nitrogens with one attached hydrogen (secondary N) is 1. The number of ether oxygens (including phenoxy) is 1. The molecule has 1 aromatic heterocycles. The van der Waals surface area contributed by atoms with Crippen LogP contribution in [0.4, 0.5) is 0 Å². The van der Waals surface area contributed by atoms with Gasteiger partial charge in [-0.25, -0.2) is 0 Å². The van der Waals surface area contributed by atoms with Crippen molar-refractivity contribution in [1.82, 2.24) is 24.7 Å². The molecule has 11 heteroatoms. The Morgan fingerprint density at radius 3 is 2.74 bits per heavy atom. The summed E-state index contributed by atoms with van der Waals surface area (Å²) in [6.45, 7) is 1.24. The second-order valence-corrected chi connectivity index (χ2v) is 10.7. The number of aromatic nitrogens is 2. The van der Waals surface area contributed by atoms with Crippen molar-refractivity contribution in [3.8, 4) is 17.0 Å². The molecule has 3 aliphatic heterocycles. The van der Waals surface area contributed by atoms with Crippen LogP contribution in [-0.2, 0) is 16.1 Å². The third-order valence-electron chi connectivity index (χ3n) is 7.55. The van der Waals surface area contributed by atoms with Gasteiger partial charge in [-0.3, -0.25) is 24.5 Å². The molecule has 200 valence electrons. The highest BCUT2D eigenvalue weighted by Crippen LogP contribution is 2.31. The molecule has 0 radical (unpaired) electrons. The molecule has 1 unspecified atom stereocenters. The number of amides is 4. The average Bonchev–Trinajstić information content (AvgIpc) is 3.57. The van der Waals surface area contributed by atoms with E-state index in [2.05, 4.69) is 14.9 Å². The number of rotatable bonds is 6. The van der Waals surface area contributed by atoms with E-state index in [1.807, 2.05) is 41.3 Å². The summed E-state index contributed by atoms with van der Waals surface area (Å²) in [5.41, 5.74) is 2.77. The summed E-state index contributed by atoms with van der Waals surface area (Å²) in [6.07, 6.45) is 3.29. The molecule has 4 heterocycles. The zero-order chi connectivity index (χ0) is 26.9. The molecular formula is C28H27N5O5S. The van der Waals surface area contributed by atoms with E-state index < -0.39 is 11.9 Å². The van der Waals surface area contributed by atoms with E-state index in [1.54, 1.807) is 12.1 Å². The molecule has 2 saturated heterocycles. The van der Waals surface area contributed by atoms with Gasteiger partial charge in [-0.15, -0.1) is 5.10 Å². The molecule has 0 saturated carbocycles. The van der Waals surface area contributed by atoms with Crippen molar-refractivity contribution >= 4 is 35.2 Å². The second-order valence-electron chi connectivity index (χ2n) is 9.99. The molecule has 2 aromatic carbocycles. The van der Waals surface area contributed by atoms with Crippen LogP contribution in [0.15, 0.2) is 48.5 Å². The van der Waals surface area contributed by atoms with E-state index >= 15 is 0 Å². The van der Waals surface area contributed by atoms with Crippen LogP contribution in [0.3, 0.4) is 0 Å². The molecule has 3 aromatic rings. The lowest BCUT2D eigenvalue weighted by Gasteiger charge is -2.35. The monoisotopic (exact) mass is 545 g/mol. The van der Waals surface area contributed by atoms with Gasteiger partial charge in [0.25, 0.3) is 11.8 Å². The van der Waals surface area contributed by atoms with Crippen LogP contribution in [-0.4, -0.2) is 68.3 Å². The third-order valence-corrected chi connectivity index (χ3v) is 8.27. The van der Waals surface area contributed by atoms with Gasteiger partial charge in [0.05, 0.1) is 6.04 Å². The van der Waals surface area contributed by atoms with Crippen molar-refractivity contribution in [3.05, 3.63) is 64.5 Å². The Balaban J connectivity index is 1.14. The van der Waals surface area contributed by atoms with Crippen molar-refractivity contribution in [2.45, 2.75) is 50.7 Å². The molecule has 0 spiro atoms. The quantitative estimate of drug-likeness (QED) is 0.473. The van der Waals surface area contributed by atoms with E-state index in [1.165, 1.54) is 4.90 Å². The van der Waals surface area contributed by atoms with E-state index in [-0.39, 0.29) is 36.7 Å². The zero-order valence-electron chi connectivity index (χ0n) is 21.2. The Labute approximate surface area is 229 Å². The molecule has 1 N–H and O–H groups in total. The number of nitrogens with zero attached hydrogens (tertiary/aromatic N) is 4. The first kappa shape index (κ1) is 25.2. The number of carbonyl (C=O) groups is 4. The van der Waals surface area contributed by atoms with Crippen molar-refractivity contribution in [2.75, 3.05) is 13.2 Å². The van der Waals surface area contributed by atoms with E-state index in [4.69, 9.17) is 4.74 Å². The van der Waals surface area contributed by atoms with Crippen LogP contribution >= 0.6 is 11.5 Å². The van der Waals surface area contributed by atoms with Crippen LogP contribution in [0, 0.1) is 0 Å². The summed E-state index contributed by atoms with van der Waals surface area (Å²) in [7, 11) is 0. The van der Waals surface area contributed by atoms with Gasteiger partial charge < -0.3 is 14.5 Å². The summed E-state index contributed by atoms with van der Waals surface area (Å²) >= 11 is 1.11. The van der Waals surface area contributed by atoms with Crippen LogP contribution < -0.4 is 10.1 Å². The predicted octanol–water partition coefficient (Wildman–Crippen LogP) is 3.04. The zero-order valence-corrected chi connectivity index (χ0v) is 22.0.